The minimum Gasteiger partial charge on any atom is -0.173 e. The number of aromatic nitrogens is 2. The smallest absolute Gasteiger partial charge is 0.113 e. The first-order valence-electron chi connectivity index (χ1n) is 5.46. The molecule has 2 heterocycles. The molecule has 2 nitrogen and oxygen atoms in total. The average Bonchev–Trinajstić information content (AvgIpc) is 2.87. The zero-order valence-electron chi connectivity index (χ0n) is 9.94. The first kappa shape index (κ1) is 10.9. The van der Waals surface area contributed by atoms with E-state index in [-0.39, 0.29) is 0 Å². The van der Waals surface area contributed by atoms with Gasteiger partial charge in [0.1, 0.15) is 11.0 Å². The lowest BCUT2D eigenvalue weighted by molar-refractivity contribution is 1.47. The maximum absolute atomic E-state index is 4.44. The molecule has 0 aliphatic rings. The normalized spacial score (nSPS) is 11.2. The largest absolute Gasteiger partial charge is 0.173 e. The molecule has 0 fully saturated rings. The highest BCUT2D eigenvalue weighted by Crippen LogP contribution is 2.36. The van der Waals surface area contributed by atoms with Gasteiger partial charge < -0.3 is 0 Å². The monoisotopic (exact) mass is 260 g/mol. The van der Waals surface area contributed by atoms with Gasteiger partial charge in [0, 0.05) is 15.3 Å². The number of hydrogen-bond donors (Lipinski definition) is 0. The van der Waals surface area contributed by atoms with Crippen LogP contribution >= 0.6 is 23.1 Å². The Morgan fingerprint density at radius 2 is 1.71 bits per heavy atom. The molecule has 0 N–H and O–H groups in total. The van der Waals surface area contributed by atoms with Gasteiger partial charge >= 0.3 is 0 Å². The van der Waals surface area contributed by atoms with Crippen LogP contribution < -0.4 is 0 Å². The van der Waals surface area contributed by atoms with Gasteiger partial charge in [0.15, 0.2) is 0 Å². The lowest BCUT2D eigenvalue weighted by Crippen LogP contribution is -1.82. The molecule has 3 aromatic rings. The lowest BCUT2D eigenvalue weighted by Gasteiger charge is -2.02. The van der Waals surface area contributed by atoms with Gasteiger partial charge in [0.05, 0.1) is 11.7 Å². The van der Waals surface area contributed by atoms with Crippen molar-refractivity contribution in [3.8, 4) is 10.4 Å². The fraction of sp³-hybridized carbons (Fsp3) is 0.231. The van der Waals surface area contributed by atoms with Crippen molar-refractivity contribution in [1.82, 2.24) is 8.75 Å². The predicted octanol–water partition coefficient (Wildman–Crippen LogP) is 4.35. The molecule has 2 aromatic heterocycles. The van der Waals surface area contributed by atoms with Crippen LogP contribution in [0.4, 0.5) is 0 Å². The maximum Gasteiger partial charge on any atom is 0.113 e. The third kappa shape index (κ3) is 1.68. The molecule has 3 rings (SSSR count). The number of rotatable bonds is 1. The third-order valence-corrected chi connectivity index (χ3v) is 4.62. The van der Waals surface area contributed by atoms with Crippen molar-refractivity contribution < 1.29 is 0 Å². The van der Waals surface area contributed by atoms with E-state index in [0.29, 0.717) is 0 Å². The van der Waals surface area contributed by atoms with E-state index < -0.39 is 0 Å². The lowest BCUT2D eigenvalue weighted by atomic mass is 10.1. The molecule has 0 atom stereocenters. The van der Waals surface area contributed by atoms with E-state index in [0.717, 1.165) is 11.0 Å². The summed E-state index contributed by atoms with van der Waals surface area (Å²) in [4.78, 5) is 2.66. The summed E-state index contributed by atoms with van der Waals surface area (Å²) in [6.45, 7) is 6.39. The van der Waals surface area contributed by atoms with Crippen molar-refractivity contribution in [1.29, 1.82) is 0 Å². The molecular weight excluding hydrogens is 248 g/mol. The Balaban J connectivity index is 2.34. The van der Waals surface area contributed by atoms with Crippen LogP contribution in [0.2, 0.25) is 0 Å². The first-order chi connectivity index (χ1) is 8.16. The molecule has 0 amide bonds. The molecule has 1 aromatic carbocycles. The predicted molar refractivity (Wildman–Crippen MR) is 74.9 cm³/mol. The second-order valence-corrected chi connectivity index (χ2v) is 6.05. The van der Waals surface area contributed by atoms with E-state index >= 15 is 0 Å². The summed E-state index contributed by atoms with van der Waals surface area (Å²) in [5.74, 6) is 0. The minimum atomic E-state index is 1.04. The molecule has 0 bridgehead atoms. The molecule has 86 valence electrons. The first-order valence-corrected chi connectivity index (χ1v) is 7.01. The Kier molecular flexibility index (Phi) is 2.49. The van der Waals surface area contributed by atoms with Crippen LogP contribution in [0.5, 0.6) is 0 Å². The fourth-order valence-corrected chi connectivity index (χ4v) is 3.75. The van der Waals surface area contributed by atoms with Crippen LogP contribution in [0.15, 0.2) is 18.2 Å². The van der Waals surface area contributed by atoms with E-state index in [9.17, 15) is 0 Å². The number of benzene rings is 1. The Labute approximate surface area is 108 Å². The summed E-state index contributed by atoms with van der Waals surface area (Å²) in [6.07, 6.45) is 0. The van der Waals surface area contributed by atoms with Gasteiger partial charge in [-0.25, -0.2) is 0 Å². The van der Waals surface area contributed by atoms with E-state index in [2.05, 4.69) is 47.7 Å². The molecular formula is C13H12N2S2. The highest BCUT2D eigenvalue weighted by molar-refractivity contribution is 7.15. The van der Waals surface area contributed by atoms with E-state index in [1.165, 1.54) is 38.2 Å². The zero-order chi connectivity index (χ0) is 12.0. The molecule has 0 unspecified atom stereocenters. The highest BCUT2D eigenvalue weighted by atomic mass is 32.1. The van der Waals surface area contributed by atoms with Gasteiger partial charge in [-0.05, 0) is 38.0 Å². The second-order valence-electron chi connectivity index (χ2n) is 4.26. The number of fused-ring (bicyclic) bond motifs is 1. The topological polar surface area (TPSA) is 25.8 Å². The fourth-order valence-electron chi connectivity index (χ4n) is 2.08. The summed E-state index contributed by atoms with van der Waals surface area (Å²) in [6, 6.07) is 6.52. The summed E-state index contributed by atoms with van der Waals surface area (Å²) in [7, 11) is 0. The summed E-state index contributed by atoms with van der Waals surface area (Å²) in [5.41, 5.74) is 5.82. The Morgan fingerprint density at radius 1 is 0.941 bits per heavy atom. The molecule has 0 saturated carbocycles. The van der Waals surface area contributed by atoms with E-state index in [4.69, 9.17) is 0 Å². The van der Waals surface area contributed by atoms with Crippen LogP contribution in [0, 0.1) is 20.8 Å². The standard InChI is InChI=1S/C13H12N2S2/c1-7-4-5-10(12-11(7)14-17-15-12)13-8(2)6-9(3)16-13/h4-6H,1-3H3. The molecule has 0 aliphatic heterocycles. The molecule has 0 radical (unpaired) electrons. The van der Waals surface area contributed by atoms with Crippen molar-refractivity contribution in [2.24, 2.45) is 0 Å². The van der Waals surface area contributed by atoms with Gasteiger partial charge in [0.25, 0.3) is 0 Å². The zero-order valence-corrected chi connectivity index (χ0v) is 11.6. The van der Waals surface area contributed by atoms with Gasteiger partial charge in [-0.15, -0.1) is 11.3 Å². The van der Waals surface area contributed by atoms with Gasteiger partial charge in [-0.3, -0.25) is 0 Å². The van der Waals surface area contributed by atoms with Gasteiger partial charge in [-0.1, -0.05) is 12.1 Å². The number of thiophene rings is 1. The minimum absolute atomic E-state index is 1.04. The van der Waals surface area contributed by atoms with Gasteiger partial charge in [0.2, 0.25) is 0 Å². The summed E-state index contributed by atoms with van der Waals surface area (Å²) < 4.78 is 8.82. The number of hydrogen-bond acceptors (Lipinski definition) is 4. The van der Waals surface area contributed by atoms with Crippen molar-refractivity contribution >= 4 is 34.1 Å². The van der Waals surface area contributed by atoms with Crippen LogP contribution in [0.25, 0.3) is 21.5 Å². The van der Waals surface area contributed by atoms with E-state index in [1.54, 1.807) is 0 Å². The Hall–Kier alpha value is -1.26. The summed E-state index contributed by atoms with van der Waals surface area (Å²) in [5, 5.41) is 0. The third-order valence-electron chi connectivity index (χ3n) is 2.90. The molecule has 17 heavy (non-hydrogen) atoms. The Morgan fingerprint density at radius 3 is 2.41 bits per heavy atom. The van der Waals surface area contributed by atoms with Crippen molar-refractivity contribution in [3.63, 3.8) is 0 Å². The second kappa shape index (κ2) is 3.89. The average molecular weight is 260 g/mol. The SMILES string of the molecule is Cc1cc(C)c(-c2ccc(C)c3nsnc23)s1. The summed E-state index contributed by atoms with van der Waals surface area (Å²) >= 11 is 3.12. The van der Waals surface area contributed by atoms with Crippen LogP contribution in [-0.2, 0) is 0 Å². The van der Waals surface area contributed by atoms with E-state index in [1.807, 2.05) is 11.3 Å². The van der Waals surface area contributed by atoms with Crippen LogP contribution in [0.3, 0.4) is 0 Å². The Bertz CT molecular complexity index is 695. The molecule has 4 heteroatoms. The maximum atomic E-state index is 4.44. The van der Waals surface area contributed by atoms with Crippen LogP contribution in [0.1, 0.15) is 16.0 Å². The number of aryl methyl sites for hydroxylation is 3. The molecule has 0 spiro atoms. The molecule has 0 saturated heterocycles. The quantitative estimate of drug-likeness (QED) is 0.650. The van der Waals surface area contributed by atoms with Crippen molar-refractivity contribution in [2.75, 3.05) is 0 Å². The van der Waals surface area contributed by atoms with Crippen molar-refractivity contribution in [2.45, 2.75) is 20.8 Å². The van der Waals surface area contributed by atoms with Gasteiger partial charge in [-0.2, -0.15) is 8.75 Å². The van der Waals surface area contributed by atoms with Crippen molar-refractivity contribution in [3.05, 3.63) is 34.2 Å². The number of nitrogens with zero attached hydrogens (tertiary/aromatic N) is 2. The molecule has 0 aliphatic carbocycles. The highest BCUT2D eigenvalue weighted by Gasteiger charge is 2.13. The van der Waals surface area contributed by atoms with Crippen LogP contribution in [-0.4, -0.2) is 8.75 Å².